The first-order valence-corrected chi connectivity index (χ1v) is 14.4. The van der Waals surface area contributed by atoms with E-state index in [2.05, 4.69) is 15.8 Å². The second-order valence-corrected chi connectivity index (χ2v) is 10.6. The zero-order chi connectivity index (χ0) is 32.9. The lowest BCUT2D eigenvalue weighted by Crippen LogP contribution is -2.36. The summed E-state index contributed by atoms with van der Waals surface area (Å²) in [5.74, 6) is 1.57. The molecular formula is C33H46ClN5O5. The van der Waals surface area contributed by atoms with Gasteiger partial charge in [-0.2, -0.15) is 0 Å². The highest BCUT2D eigenvalue weighted by Gasteiger charge is 2.18. The molecule has 240 valence electrons. The molecule has 0 aliphatic rings. The van der Waals surface area contributed by atoms with E-state index in [1.54, 1.807) is 24.1 Å². The van der Waals surface area contributed by atoms with Crippen molar-refractivity contribution in [1.29, 1.82) is 0 Å². The number of anilines is 1. The van der Waals surface area contributed by atoms with Gasteiger partial charge in [-0.05, 0) is 68.7 Å². The Morgan fingerprint density at radius 3 is 2.14 bits per heavy atom. The van der Waals surface area contributed by atoms with Crippen LogP contribution >= 0.6 is 11.6 Å². The van der Waals surface area contributed by atoms with Crippen molar-refractivity contribution >= 4 is 35.9 Å². The van der Waals surface area contributed by atoms with Crippen molar-refractivity contribution in [3.05, 3.63) is 88.9 Å². The maximum atomic E-state index is 13.0. The van der Waals surface area contributed by atoms with Crippen LogP contribution in [-0.2, 0) is 27.6 Å². The van der Waals surface area contributed by atoms with Crippen LogP contribution in [0.3, 0.4) is 0 Å². The summed E-state index contributed by atoms with van der Waals surface area (Å²) >= 11 is 5.97. The standard InChI is InChI=1S/C29H35ClN4O4.C3H9N.CH2O/c1-21(2)28(35)34(17-16-31-29(33-37-4)32-25-13-11-24(30)12-14-25)19-23-10-15-26(27(18-23)36-3)38-20-22-8-6-5-7-9-22;1-4(2)3;1-2/h5-15,18,21H,16-17,19-20H2,1-4H3,(H2,31,32,33);1-3H3;1H2. The highest BCUT2D eigenvalue weighted by molar-refractivity contribution is 6.30. The predicted octanol–water partition coefficient (Wildman–Crippen LogP) is 5.52. The van der Waals surface area contributed by atoms with E-state index in [1.165, 1.54) is 7.11 Å². The molecule has 0 spiro atoms. The number of benzene rings is 3. The van der Waals surface area contributed by atoms with Crippen molar-refractivity contribution in [1.82, 2.24) is 15.3 Å². The third-order valence-electron chi connectivity index (χ3n) is 5.59. The summed E-state index contributed by atoms with van der Waals surface area (Å²) in [4.78, 5) is 34.4. The number of rotatable bonds is 12. The van der Waals surface area contributed by atoms with Crippen LogP contribution < -0.4 is 20.3 Å². The number of guanidine groups is 1. The maximum absolute atomic E-state index is 13.0. The van der Waals surface area contributed by atoms with E-state index in [0.717, 1.165) is 16.8 Å². The van der Waals surface area contributed by atoms with Crippen molar-refractivity contribution in [2.24, 2.45) is 10.9 Å². The van der Waals surface area contributed by atoms with Gasteiger partial charge in [0.15, 0.2) is 11.5 Å². The highest BCUT2D eigenvalue weighted by Crippen LogP contribution is 2.29. The van der Waals surface area contributed by atoms with Gasteiger partial charge in [-0.3, -0.25) is 9.63 Å². The summed E-state index contributed by atoms with van der Waals surface area (Å²) in [5, 5.41) is 3.79. The smallest absolute Gasteiger partial charge is 0.225 e. The Bertz CT molecular complexity index is 1250. The Morgan fingerprint density at radius 2 is 1.57 bits per heavy atom. The fourth-order valence-electron chi connectivity index (χ4n) is 3.66. The number of nitrogens with zero attached hydrogens (tertiary/aromatic N) is 3. The summed E-state index contributed by atoms with van der Waals surface area (Å²) in [7, 11) is 9.12. The summed E-state index contributed by atoms with van der Waals surface area (Å²) in [6.07, 6.45) is 0. The molecule has 0 atom stereocenters. The summed E-state index contributed by atoms with van der Waals surface area (Å²) < 4.78 is 11.6. The first-order chi connectivity index (χ1) is 21.1. The van der Waals surface area contributed by atoms with Crippen LogP contribution in [0, 0.1) is 5.92 Å². The minimum atomic E-state index is -0.155. The molecule has 0 heterocycles. The fraction of sp³-hybridized carbons (Fsp3) is 0.364. The van der Waals surface area contributed by atoms with E-state index < -0.39 is 0 Å². The first kappa shape index (κ1) is 37.9. The quantitative estimate of drug-likeness (QED) is 0.154. The molecular weight excluding hydrogens is 582 g/mol. The van der Waals surface area contributed by atoms with Gasteiger partial charge < -0.3 is 29.4 Å². The zero-order valence-electron chi connectivity index (χ0n) is 26.8. The molecule has 3 rings (SSSR count). The van der Waals surface area contributed by atoms with E-state index in [1.807, 2.05) is 107 Å². The lowest BCUT2D eigenvalue weighted by Gasteiger charge is -2.25. The second kappa shape index (κ2) is 21.6. The number of halogens is 1. The summed E-state index contributed by atoms with van der Waals surface area (Å²) in [6.45, 7) is 7.41. The normalized spacial score (nSPS) is 10.6. The summed E-state index contributed by atoms with van der Waals surface area (Å²) in [6, 6.07) is 22.9. The molecule has 0 unspecified atom stereocenters. The van der Waals surface area contributed by atoms with Crippen LogP contribution in [0.4, 0.5) is 5.69 Å². The second-order valence-electron chi connectivity index (χ2n) is 10.2. The number of amides is 1. The Hall–Kier alpha value is -4.12. The van der Waals surface area contributed by atoms with Gasteiger partial charge in [-0.1, -0.05) is 61.8 Å². The minimum absolute atomic E-state index is 0.0375. The Morgan fingerprint density at radius 1 is 0.932 bits per heavy atom. The van der Waals surface area contributed by atoms with E-state index in [-0.39, 0.29) is 11.8 Å². The van der Waals surface area contributed by atoms with Crippen LogP contribution in [-0.4, -0.2) is 76.9 Å². The Kier molecular flexibility index (Phi) is 18.6. The number of methoxy groups -OCH3 is 1. The van der Waals surface area contributed by atoms with Gasteiger partial charge in [0.05, 0.1) is 20.8 Å². The van der Waals surface area contributed by atoms with Crippen molar-refractivity contribution in [3.63, 3.8) is 0 Å². The SMILES string of the molecule is C=O.CN(C)C.CONC(=NCCN(Cc1ccc(OCc2ccccc2)c(OC)c1)C(=O)C(C)C)Nc1ccc(Cl)cc1. The fourth-order valence-corrected chi connectivity index (χ4v) is 3.79. The number of nitrogens with one attached hydrogen (secondary N) is 2. The zero-order valence-corrected chi connectivity index (χ0v) is 27.6. The van der Waals surface area contributed by atoms with Crippen molar-refractivity contribution in [3.8, 4) is 11.5 Å². The Balaban J connectivity index is 0.00000149. The summed E-state index contributed by atoms with van der Waals surface area (Å²) in [5.41, 5.74) is 5.54. The van der Waals surface area contributed by atoms with Crippen molar-refractivity contribution in [2.45, 2.75) is 27.0 Å². The molecule has 2 N–H and O–H groups in total. The van der Waals surface area contributed by atoms with Gasteiger partial charge >= 0.3 is 0 Å². The number of hydrogen-bond donors (Lipinski definition) is 2. The number of ether oxygens (including phenoxy) is 2. The lowest BCUT2D eigenvalue weighted by atomic mass is 10.1. The minimum Gasteiger partial charge on any atom is -0.493 e. The molecule has 0 aromatic heterocycles. The highest BCUT2D eigenvalue weighted by atomic mass is 35.5. The van der Waals surface area contributed by atoms with E-state index >= 15 is 0 Å². The number of carbonyl (C=O) groups is 2. The predicted molar refractivity (Wildman–Crippen MR) is 178 cm³/mol. The average Bonchev–Trinajstić information content (AvgIpc) is 3.01. The van der Waals surface area contributed by atoms with Crippen LogP contribution in [0.2, 0.25) is 5.02 Å². The molecule has 0 saturated carbocycles. The maximum Gasteiger partial charge on any atom is 0.225 e. The molecule has 44 heavy (non-hydrogen) atoms. The molecule has 0 saturated heterocycles. The lowest BCUT2D eigenvalue weighted by molar-refractivity contribution is -0.135. The number of hydroxylamine groups is 1. The third-order valence-corrected chi connectivity index (χ3v) is 5.84. The van der Waals surface area contributed by atoms with Gasteiger partial charge in [-0.15, -0.1) is 0 Å². The Labute approximate surface area is 266 Å². The van der Waals surface area contributed by atoms with Crippen LogP contribution in [0.25, 0.3) is 0 Å². The van der Waals surface area contributed by atoms with Gasteiger partial charge in [0, 0.05) is 29.7 Å². The van der Waals surface area contributed by atoms with E-state index in [4.69, 9.17) is 30.7 Å². The molecule has 0 aliphatic heterocycles. The molecule has 3 aromatic rings. The van der Waals surface area contributed by atoms with E-state index in [0.29, 0.717) is 48.7 Å². The van der Waals surface area contributed by atoms with Crippen molar-refractivity contribution in [2.75, 3.05) is 53.8 Å². The van der Waals surface area contributed by atoms with Crippen LogP contribution in [0.5, 0.6) is 11.5 Å². The molecule has 10 nitrogen and oxygen atoms in total. The molecule has 1 amide bonds. The monoisotopic (exact) mass is 627 g/mol. The molecule has 0 bridgehead atoms. The van der Waals surface area contributed by atoms with Gasteiger partial charge in [0.2, 0.25) is 11.9 Å². The molecule has 11 heteroatoms. The first-order valence-electron chi connectivity index (χ1n) is 14.0. The molecule has 0 aliphatic carbocycles. The number of hydrogen-bond acceptors (Lipinski definition) is 7. The molecule has 0 radical (unpaired) electrons. The molecule has 3 aromatic carbocycles. The number of aliphatic imine (C=N–C) groups is 1. The largest absolute Gasteiger partial charge is 0.493 e. The van der Waals surface area contributed by atoms with Gasteiger partial charge in [0.1, 0.15) is 13.4 Å². The van der Waals surface area contributed by atoms with Crippen LogP contribution in [0.15, 0.2) is 77.8 Å². The third kappa shape index (κ3) is 14.9. The molecule has 0 fully saturated rings. The van der Waals surface area contributed by atoms with Crippen LogP contribution in [0.1, 0.15) is 25.0 Å². The van der Waals surface area contributed by atoms with E-state index in [9.17, 15) is 4.79 Å². The van der Waals surface area contributed by atoms with Gasteiger partial charge in [-0.25, -0.2) is 10.5 Å². The average molecular weight is 628 g/mol. The van der Waals surface area contributed by atoms with Crippen molar-refractivity contribution < 1.29 is 23.9 Å². The van der Waals surface area contributed by atoms with Gasteiger partial charge in [0.25, 0.3) is 0 Å². The topological polar surface area (TPSA) is 105 Å². The number of carbonyl (C=O) groups excluding carboxylic acids is 2.